The normalized spacial score (nSPS) is 12.5. The zero-order valence-electron chi connectivity index (χ0n) is 10.8. The molecule has 1 rings (SSSR count). The van der Waals surface area contributed by atoms with Gasteiger partial charge in [0.25, 0.3) is 0 Å². The Morgan fingerprint density at radius 2 is 1.82 bits per heavy atom. The molecule has 0 fully saturated rings. The van der Waals surface area contributed by atoms with E-state index in [1.165, 1.54) is 0 Å². The molecule has 4 nitrogen and oxygen atoms in total. The zero-order chi connectivity index (χ0) is 12.8. The van der Waals surface area contributed by atoms with Gasteiger partial charge in [-0.15, -0.1) is 0 Å². The highest BCUT2D eigenvalue weighted by atomic mass is 16.2. The molecule has 1 amide bonds. The number of rotatable bonds is 5. The van der Waals surface area contributed by atoms with E-state index in [2.05, 4.69) is 0 Å². The fourth-order valence-corrected chi connectivity index (χ4v) is 1.58. The predicted octanol–water partition coefficient (Wildman–Crippen LogP) is 0.706. The van der Waals surface area contributed by atoms with Crippen molar-refractivity contribution in [1.82, 2.24) is 9.80 Å². The van der Waals surface area contributed by atoms with E-state index >= 15 is 0 Å². The maximum absolute atomic E-state index is 11.5. The van der Waals surface area contributed by atoms with Gasteiger partial charge in [0, 0.05) is 26.7 Å². The first-order valence-electron chi connectivity index (χ1n) is 5.70. The van der Waals surface area contributed by atoms with Crippen LogP contribution in [0.2, 0.25) is 0 Å². The SMILES string of the molecule is CN(CC(=O)N(C)C)CC(N)c1ccccc1. The van der Waals surface area contributed by atoms with Crippen molar-refractivity contribution < 1.29 is 4.79 Å². The van der Waals surface area contributed by atoms with E-state index in [0.717, 1.165) is 5.56 Å². The maximum Gasteiger partial charge on any atom is 0.236 e. The van der Waals surface area contributed by atoms with Gasteiger partial charge in [-0.25, -0.2) is 0 Å². The lowest BCUT2D eigenvalue weighted by atomic mass is 10.1. The second kappa shape index (κ2) is 6.37. The number of benzene rings is 1. The molecular formula is C13H21N3O. The summed E-state index contributed by atoms with van der Waals surface area (Å²) in [4.78, 5) is 15.0. The molecule has 1 aromatic rings. The van der Waals surface area contributed by atoms with Crippen molar-refractivity contribution in [1.29, 1.82) is 0 Å². The number of amides is 1. The third kappa shape index (κ3) is 4.54. The van der Waals surface area contributed by atoms with Gasteiger partial charge < -0.3 is 10.6 Å². The van der Waals surface area contributed by atoms with Gasteiger partial charge in [-0.3, -0.25) is 9.69 Å². The molecule has 0 saturated carbocycles. The summed E-state index contributed by atoms with van der Waals surface area (Å²) in [5.74, 6) is 0.0905. The molecule has 0 spiro atoms. The first kappa shape index (κ1) is 13.7. The van der Waals surface area contributed by atoms with E-state index in [-0.39, 0.29) is 11.9 Å². The molecule has 1 aromatic carbocycles. The monoisotopic (exact) mass is 235 g/mol. The largest absolute Gasteiger partial charge is 0.348 e. The molecule has 0 radical (unpaired) electrons. The highest BCUT2D eigenvalue weighted by Gasteiger charge is 2.12. The molecule has 1 unspecified atom stereocenters. The van der Waals surface area contributed by atoms with E-state index < -0.39 is 0 Å². The van der Waals surface area contributed by atoms with Crippen LogP contribution in [0.1, 0.15) is 11.6 Å². The Bertz CT molecular complexity index is 351. The Balaban J connectivity index is 2.46. The number of hydrogen-bond donors (Lipinski definition) is 1. The van der Waals surface area contributed by atoms with Gasteiger partial charge in [0.2, 0.25) is 5.91 Å². The summed E-state index contributed by atoms with van der Waals surface area (Å²) < 4.78 is 0. The van der Waals surface area contributed by atoms with Gasteiger partial charge in [-0.1, -0.05) is 30.3 Å². The van der Waals surface area contributed by atoms with Gasteiger partial charge in [-0.05, 0) is 12.6 Å². The highest BCUT2D eigenvalue weighted by Crippen LogP contribution is 2.10. The number of likely N-dealkylation sites (N-methyl/N-ethyl adjacent to an activating group) is 2. The number of nitrogens with zero attached hydrogens (tertiary/aromatic N) is 2. The molecule has 0 aliphatic heterocycles. The van der Waals surface area contributed by atoms with Crippen molar-refractivity contribution in [2.75, 3.05) is 34.2 Å². The molecule has 94 valence electrons. The zero-order valence-corrected chi connectivity index (χ0v) is 10.8. The van der Waals surface area contributed by atoms with Gasteiger partial charge in [0.15, 0.2) is 0 Å². The third-order valence-corrected chi connectivity index (χ3v) is 2.64. The Kier molecular flexibility index (Phi) is 5.12. The predicted molar refractivity (Wildman–Crippen MR) is 69.6 cm³/mol. The van der Waals surface area contributed by atoms with Crippen LogP contribution in [-0.2, 0) is 4.79 Å². The molecule has 2 N–H and O–H groups in total. The lowest BCUT2D eigenvalue weighted by Gasteiger charge is -2.22. The second-order valence-electron chi connectivity index (χ2n) is 4.50. The van der Waals surface area contributed by atoms with Crippen LogP contribution in [0, 0.1) is 0 Å². The number of hydrogen-bond acceptors (Lipinski definition) is 3. The first-order chi connectivity index (χ1) is 8.00. The Morgan fingerprint density at radius 3 is 2.35 bits per heavy atom. The maximum atomic E-state index is 11.5. The van der Waals surface area contributed by atoms with Crippen molar-refractivity contribution >= 4 is 5.91 Å². The molecule has 0 aliphatic carbocycles. The number of carbonyl (C=O) groups excluding carboxylic acids is 1. The van der Waals surface area contributed by atoms with Crippen molar-refractivity contribution in [2.45, 2.75) is 6.04 Å². The summed E-state index contributed by atoms with van der Waals surface area (Å²) in [6, 6.07) is 9.87. The molecule has 0 saturated heterocycles. The quantitative estimate of drug-likeness (QED) is 0.817. The molecule has 0 heterocycles. The minimum absolute atomic E-state index is 0.0591. The standard InChI is InChI=1S/C13H21N3O/c1-15(2)13(17)10-16(3)9-12(14)11-7-5-4-6-8-11/h4-8,12H,9-10,14H2,1-3H3. The average molecular weight is 235 g/mol. The van der Waals surface area contributed by atoms with E-state index in [9.17, 15) is 4.79 Å². The van der Waals surface area contributed by atoms with Crippen LogP contribution in [0.3, 0.4) is 0 Å². The molecule has 4 heteroatoms. The minimum atomic E-state index is -0.0591. The van der Waals surface area contributed by atoms with Crippen LogP contribution >= 0.6 is 0 Å². The van der Waals surface area contributed by atoms with Crippen LogP contribution in [0.15, 0.2) is 30.3 Å². The molecule has 1 atom stereocenters. The van der Waals surface area contributed by atoms with Gasteiger partial charge in [-0.2, -0.15) is 0 Å². The highest BCUT2D eigenvalue weighted by molar-refractivity contribution is 5.77. The number of carbonyl (C=O) groups is 1. The number of nitrogens with two attached hydrogens (primary N) is 1. The summed E-state index contributed by atoms with van der Waals surface area (Å²) in [5.41, 5.74) is 7.18. The smallest absolute Gasteiger partial charge is 0.236 e. The summed E-state index contributed by atoms with van der Waals surface area (Å²) in [6.07, 6.45) is 0. The molecule has 0 aromatic heterocycles. The summed E-state index contributed by atoms with van der Waals surface area (Å²) in [6.45, 7) is 1.07. The van der Waals surface area contributed by atoms with Crippen LogP contribution in [0.5, 0.6) is 0 Å². The summed E-state index contributed by atoms with van der Waals surface area (Å²) >= 11 is 0. The fraction of sp³-hybridized carbons (Fsp3) is 0.462. The molecule has 0 bridgehead atoms. The van der Waals surface area contributed by atoms with Crippen molar-refractivity contribution in [3.05, 3.63) is 35.9 Å². The topological polar surface area (TPSA) is 49.6 Å². The van der Waals surface area contributed by atoms with Crippen molar-refractivity contribution in [2.24, 2.45) is 5.73 Å². The lowest BCUT2D eigenvalue weighted by Crippen LogP contribution is -2.37. The minimum Gasteiger partial charge on any atom is -0.348 e. The third-order valence-electron chi connectivity index (χ3n) is 2.64. The Hall–Kier alpha value is -1.39. The van der Waals surface area contributed by atoms with Gasteiger partial charge in [0.1, 0.15) is 0 Å². The molecule has 0 aliphatic rings. The average Bonchev–Trinajstić information content (AvgIpc) is 2.29. The van der Waals surface area contributed by atoms with Crippen LogP contribution < -0.4 is 5.73 Å². The van der Waals surface area contributed by atoms with E-state index in [0.29, 0.717) is 13.1 Å². The van der Waals surface area contributed by atoms with Crippen LogP contribution in [-0.4, -0.2) is 49.9 Å². The Morgan fingerprint density at radius 1 is 1.24 bits per heavy atom. The molecular weight excluding hydrogens is 214 g/mol. The van der Waals surface area contributed by atoms with E-state index in [1.54, 1.807) is 19.0 Å². The van der Waals surface area contributed by atoms with Crippen LogP contribution in [0.25, 0.3) is 0 Å². The van der Waals surface area contributed by atoms with Crippen LogP contribution in [0.4, 0.5) is 0 Å². The second-order valence-corrected chi connectivity index (χ2v) is 4.50. The van der Waals surface area contributed by atoms with Gasteiger partial charge in [0.05, 0.1) is 6.54 Å². The lowest BCUT2D eigenvalue weighted by molar-refractivity contribution is -0.129. The fourth-order valence-electron chi connectivity index (χ4n) is 1.58. The summed E-state index contributed by atoms with van der Waals surface area (Å²) in [5, 5.41) is 0. The van der Waals surface area contributed by atoms with Gasteiger partial charge >= 0.3 is 0 Å². The van der Waals surface area contributed by atoms with Crippen molar-refractivity contribution in [3.63, 3.8) is 0 Å². The van der Waals surface area contributed by atoms with Crippen molar-refractivity contribution in [3.8, 4) is 0 Å². The van der Waals surface area contributed by atoms with E-state index in [4.69, 9.17) is 5.73 Å². The Labute approximate surface area is 103 Å². The molecule has 17 heavy (non-hydrogen) atoms. The first-order valence-corrected chi connectivity index (χ1v) is 5.70. The summed E-state index contributed by atoms with van der Waals surface area (Å²) in [7, 11) is 5.42. The van der Waals surface area contributed by atoms with E-state index in [1.807, 2.05) is 42.3 Å².